The van der Waals surface area contributed by atoms with Crippen LogP contribution in [0.1, 0.15) is 23.2 Å². The number of nitrogens with zero attached hydrogens (tertiary/aromatic N) is 4. The molecule has 3 heterocycles. The quantitative estimate of drug-likeness (QED) is 0.694. The fourth-order valence-electron chi connectivity index (χ4n) is 3.91. The zero-order valence-electron chi connectivity index (χ0n) is 16.1. The second kappa shape index (κ2) is 7.28. The Morgan fingerprint density at radius 2 is 1.59 bits per heavy atom. The van der Waals surface area contributed by atoms with E-state index in [0.717, 1.165) is 35.0 Å². The van der Waals surface area contributed by atoms with Crippen molar-refractivity contribution < 1.29 is 9.59 Å². The highest BCUT2D eigenvalue weighted by atomic mass is 16.2. The molecule has 0 unspecified atom stereocenters. The molecule has 2 aromatic heterocycles. The first-order valence-corrected chi connectivity index (χ1v) is 10.1. The minimum Gasteiger partial charge on any atom is -0.339 e. The van der Waals surface area contributed by atoms with Crippen LogP contribution in [0.15, 0.2) is 54.9 Å². The summed E-state index contributed by atoms with van der Waals surface area (Å²) in [7, 11) is 0. The normalized spacial score (nSPS) is 16.8. The summed E-state index contributed by atoms with van der Waals surface area (Å²) in [6, 6.07) is 13.4. The fraction of sp³-hybridized carbons (Fsp3) is 0.304. The van der Waals surface area contributed by atoms with Crippen LogP contribution in [-0.2, 0) is 4.79 Å². The lowest BCUT2D eigenvalue weighted by atomic mass is 10.0. The highest BCUT2D eigenvalue weighted by Crippen LogP contribution is 2.31. The number of fused-ring (bicyclic) bond motifs is 1. The average Bonchev–Trinajstić information content (AvgIpc) is 3.63. The molecule has 29 heavy (non-hydrogen) atoms. The molecule has 0 N–H and O–H groups in total. The van der Waals surface area contributed by atoms with Gasteiger partial charge in [-0.05, 0) is 37.1 Å². The minimum absolute atomic E-state index is 0.00238. The highest BCUT2D eigenvalue weighted by Gasteiger charge is 2.35. The van der Waals surface area contributed by atoms with Crippen molar-refractivity contribution in [1.82, 2.24) is 19.8 Å². The van der Waals surface area contributed by atoms with Crippen molar-refractivity contribution in [3.63, 3.8) is 0 Å². The molecule has 6 heteroatoms. The van der Waals surface area contributed by atoms with Crippen LogP contribution in [0.25, 0.3) is 22.2 Å². The number of piperazine rings is 1. The van der Waals surface area contributed by atoms with Crippen LogP contribution in [0.3, 0.4) is 0 Å². The molecule has 0 atom stereocenters. The molecule has 0 bridgehead atoms. The van der Waals surface area contributed by atoms with E-state index in [4.69, 9.17) is 4.98 Å². The maximum Gasteiger partial charge on any atom is 0.254 e. The molecule has 1 aliphatic carbocycles. The number of hydrogen-bond donors (Lipinski definition) is 0. The molecular formula is C23H22N4O2. The summed E-state index contributed by atoms with van der Waals surface area (Å²) in [5, 5.41) is 0.854. The molecule has 0 radical (unpaired) electrons. The smallest absolute Gasteiger partial charge is 0.254 e. The van der Waals surface area contributed by atoms with E-state index < -0.39 is 0 Å². The van der Waals surface area contributed by atoms with E-state index >= 15 is 0 Å². The first-order chi connectivity index (χ1) is 14.2. The number of hydrogen-bond acceptors (Lipinski definition) is 4. The Balaban J connectivity index is 1.44. The van der Waals surface area contributed by atoms with E-state index in [9.17, 15) is 9.59 Å². The molecular weight excluding hydrogens is 364 g/mol. The number of para-hydroxylation sites is 1. The van der Waals surface area contributed by atoms with Gasteiger partial charge in [-0.25, -0.2) is 4.98 Å². The molecule has 1 aliphatic heterocycles. The second-order valence-corrected chi connectivity index (χ2v) is 7.70. The Morgan fingerprint density at radius 1 is 0.897 bits per heavy atom. The first kappa shape index (κ1) is 17.8. The van der Waals surface area contributed by atoms with Crippen molar-refractivity contribution in [3.8, 4) is 11.3 Å². The van der Waals surface area contributed by atoms with Crippen LogP contribution in [0, 0.1) is 5.92 Å². The Kier molecular flexibility index (Phi) is 4.46. The van der Waals surface area contributed by atoms with E-state index in [1.165, 1.54) is 0 Å². The van der Waals surface area contributed by atoms with Gasteiger partial charge in [0.1, 0.15) is 0 Å². The van der Waals surface area contributed by atoms with Gasteiger partial charge in [0.05, 0.1) is 16.8 Å². The summed E-state index contributed by atoms with van der Waals surface area (Å²) in [6.07, 6.45) is 5.48. The van der Waals surface area contributed by atoms with Crippen LogP contribution in [0.4, 0.5) is 0 Å². The topological polar surface area (TPSA) is 66.4 Å². The largest absolute Gasteiger partial charge is 0.339 e. The van der Waals surface area contributed by atoms with E-state index in [0.29, 0.717) is 31.7 Å². The van der Waals surface area contributed by atoms with Crippen molar-refractivity contribution in [1.29, 1.82) is 0 Å². The molecule has 1 saturated heterocycles. The standard InChI is InChI=1S/C23H22N4O2/c28-22(17-5-6-17)26-11-13-27(14-12-26)23(29)19-15-21(16-7-9-24-10-8-16)25-20-4-2-1-3-18(19)20/h1-4,7-10,15,17H,5-6,11-14H2. The molecule has 2 amide bonds. The highest BCUT2D eigenvalue weighted by molar-refractivity contribution is 6.07. The van der Waals surface area contributed by atoms with Crippen LogP contribution in [0.2, 0.25) is 0 Å². The van der Waals surface area contributed by atoms with E-state index in [2.05, 4.69) is 4.98 Å². The van der Waals surface area contributed by atoms with Gasteiger partial charge < -0.3 is 9.80 Å². The van der Waals surface area contributed by atoms with Crippen LogP contribution >= 0.6 is 0 Å². The average molecular weight is 386 g/mol. The summed E-state index contributed by atoms with van der Waals surface area (Å²) in [4.78, 5) is 38.3. The Morgan fingerprint density at radius 3 is 2.31 bits per heavy atom. The summed E-state index contributed by atoms with van der Waals surface area (Å²) in [5.74, 6) is 0.480. The molecule has 3 aromatic rings. The second-order valence-electron chi connectivity index (χ2n) is 7.70. The SMILES string of the molecule is O=C(c1cc(-c2ccncc2)nc2ccccc12)N1CCN(C(=O)C2CC2)CC1. The first-order valence-electron chi connectivity index (χ1n) is 10.1. The van der Waals surface area contributed by atoms with Crippen molar-refractivity contribution in [2.75, 3.05) is 26.2 Å². The van der Waals surface area contributed by atoms with Gasteiger partial charge in [-0.3, -0.25) is 14.6 Å². The van der Waals surface area contributed by atoms with Gasteiger partial charge in [0, 0.05) is 55.4 Å². The lowest BCUT2D eigenvalue weighted by molar-refractivity contribution is -0.134. The van der Waals surface area contributed by atoms with Crippen molar-refractivity contribution in [2.45, 2.75) is 12.8 Å². The molecule has 1 saturated carbocycles. The number of carbonyl (C=O) groups is 2. The van der Waals surface area contributed by atoms with Crippen LogP contribution < -0.4 is 0 Å². The maximum absolute atomic E-state index is 13.4. The molecule has 146 valence electrons. The fourth-order valence-corrected chi connectivity index (χ4v) is 3.91. The molecule has 2 fully saturated rings. The summed E-state index contributed by atoms with van der Waals surface area (Å²) in [6.45, 7) is 2.36. The van der Waals surface area contributed by atoms with E-state index in [-0.39, 0.29) is 17.7 Å². The van der Waals surface area contributed by atoms with Gasteiger partial charge in [0.25, 0.3) is 5.91 Å². The van der Waals surface area contributed by atoms with Crippen molar-refractivity contribution >= 4 is 22.7 Å². The monoisotopic (exact) mass is 386 g/mol. The number of amides is 2. The number of pyridine rings is 2. The van der Waals surface area contributed by atoms with Crippen molar-refractivity contribution in [3.05, 3.63) is 60.4 Å². The minimum atomic E-state index is -0.00238. The summed E-state index contributed by atoms with van der Waals surface area (Å²) >= 11 is 0. The van der Waals surface area contributed by atoms with Gasteiger partial charge in [0.2, 0.25) is 5.91 Å². The molecule has 2 aliphatic rings. The molecule has 6 nitrogen and oxygen atoms in total. The third kappa shape index (κ3) is 3.46. The summed E-state index contributed by atoms with van der Waals surface area (Å²) < 4.78 is 0. The van der Waals surface area contributed by atoms with Gasteiger partial charge in [-0.2, -0.15) is 0 Å². The van der Waals surface area contributed by atoms with Gasteiger partial charge in [-0.1, -0.05) is 18.2 Å². The van der Waals surface area contributed by atoms with Crippen LogP contribution in [-0.4, -0.2) is 57.8 Å². The van der Waals surface area contributed by atoms with E-state index in [1.54, 1.807) is 12.4 Å². The lowest BCUT2D eigenvalue weighted by Gasteiger charge is -2.35. The molecule has 1 aromatic carbocycles. The summed E-state index contributed by atoms with van der Waals surface area (Å²) in [5.41, 5.74) is 3.15. The van der Waals surface area contributed by atoms with Crippen molar-refractivity contribution in [2.24, 2.45) is 5.92 Å². The predicted octanol–water partition coefficient (Wildman–Crippen LogP) is 2.99. The number of rotatable bonds is 3. The Bertz CT molecular complexity index is 1070. The van der Waals surface area contributed by atoms with E-state index in [1.807, 2.05) is 52.3 Å². The number of benzene rings is 1. The number of aromatic nitrogens is 2. The molecule has 0 spiro atoms. The zero-order valence-corrected chi connectivity index (χ0v) is 16.1. The van der Waals surface area contributed by atoms with Gasteiger partial charge in [-0.15, -0.1) is 0 Å². The zero-order chi connectivity index (χ0) is 19.8. The van der Waals surface area contributed by atoms with Gasteiger partial charge in [0.15, 0.2) is 0 Å². The predicted molar refractivity (Wildman–Crippen MR) is 110 cm³/mol. The lowest BCUT2D eigenvalue weighted by Crippen LogP contribution is -2.51. The van der Waals surface area contributed by atoms with Crippen LogP contribution in [0.5, 0.6) is 0 Å². The Hall–Kier alpha value is -3.28. The maximum atomic E-state index is 13.4. The third-order valence-corrected chi connectivity index (χ3v) is 5.73. The Labute approximate surface area is 169 Å². The number of carbonyl (C=O) groups excluding carboxylic acids is 2. The molecule has 5 rings (SSSR count). The third-order valence-electron chi connectivity index (χ3n) is 5.73. The van der Waals surface area contributed by atoms with Gasteiger partial charge >= 0.3 is 0 Å².